The fourth-order valence-electron chi connectivity index (χ4n) is 5.01. The number of ketones is 1. The highest BCUT2D eigenvalue weighted by Crippen LogP contribution is 2.44. The number of hydrogen-bond acceptors (Lipinski definition) is 6. The number of amides is 1. The van der Waals surface area contributed by atoms with E-state index in [-0.39, 0.29) is 17.9 Å². The molecule has 0 fully saturated rings. The lowest BCUT2D eigenvalue weighted by Crippen LogP contribution is -2.30. The van der Waals surface area contributed by atoms with Gasteiger partial charge in [-0.15, -0.1) is 0 Å². The van der Waals surface area contributed by atoms with Crippen LogP contribution in [0.25, 0.3) is 21.9 Å². The average molecular weight is 482 g/mol. The number of nitrogens with one attached hydrogen (secondary N) is 1. The summed E-state index contributed by atoms with van der Waals surface area (Å²) in [6.07, 6.45) is 1.52. The van der Waals surface area contributed by atoms with Gasteiger partial charge in [-0.3, -0.25) is 9.59 Å². The topological polar surface area (TPSA) is 109 Å². The van der Waals surface area contributed by atoms with Crippen molar-refractivity contribution in [3.8, 4) is 5.75 Å². The number of nitrogens with zero attached hydrogens (tertiary/aromatic N) is 1. The van der Waals surface area contributed by atoms with Crippen LogP contribution in [0.5, 0.6) is 5.75 Å². The minimum atomic E-state index is -0.860. The molecule has 0 aliphatic carbocycles. The molecule has 1 aliphatic heterocycles. The van der Waals surface area contributed by atoms with Crippen molar-refractivity contribution < 1.29 is 28.3 Å². The van der Waals surface area contributed by atoms with Gasteiger partial charge >= 0.3 is 0 Å². The average Bonchev–Trinajstić information content (AvgIpc) is 3.66. The van der Waals surface area contributed by atoms with Crippen molar-refractivity contribution in [1.29, 1.82) is 0 Å². The number of ether oxygens (including phenoxy) is 1. The molecule has 0 saturated heterocycles. The van der Waals surface area contributed by atoms with E-state index in [1.807, 2.05) is 31.2 Å². The number of aromatic amines is 1. The molecule has 1 atom stereocenters. The normalized spacial score (nSPS) is 16.0. The molecule has 0 spiro atoms. The van der Waals surface area contributed by atoms with Gasteiger partial charge in [0.1, 0.15) is 5.76 Å². The summed E-state index contributed by atoms with van der Waals surface area (Å²) in [5.74, 6) is -0.815. The van der Waals surface area contributed by atoms with Crippen molar-refractivity contribution in [2.45, 2.75) is 19.5 Å². The smallest absolute Gasteiger partial charge is 0.290 e. The minimum absolute atomic E-state index is 0.00573. The van der Waals surface area contributed by atoms with E-state index in [0.29, 0.717) is 22.5 Å². The maximum atomic E-state index is 13.9. The van der Waals surface area contributed by atoms with Gasteiger partial charge in [0.25, 0.3) is 5.91 Å². The molecule has 1 aliphatic rings. The van der Waals surface area contributed by atoms with Gasteiger partial charge in [0, 0.05) is 27.5 Å². The van der Waals surface area contributed by atoms with Crippen molar-refractivity contribution in [2.75, 3.05) is 7.11 Å². The number of aliphatic hydroxyl groups excluding tert-OH is 1. The molecular formula is C28H22N2O6. The lowest BCUT2D eigenvalue weighted by Gasteiger charge is -2.26. The van der Waals surface area contributed by atoms with Crippen LogP contribution in [0, 0.1) is 6.92 Å². The second kappa shape index (κ2) is 8.20. The summed E-state index contributed by atoms with van der Waals surface area (Å²) in [6.45, 7) is 1.96. The summed E-state index contributed by atoms with van der Waals surface area (Å²) in [4.78, 5) is 32.1. The van der Waals surface area contributed by atoms with Gasteiger partial charge in [-0.05, 0) is 37.3 Å². The van der Waals surface area contributed by atoms with Crippen LogP contribution < -0.4 is 4.74 Å². The van der Waals surface area contributed by atoms with Gasteiger partial charge in [-0.25, -0.2) is 0 Å². The molecule has 0 saturated carbocycles. The molecule has 180 valence electrons. The SMILES string of the molecule is COc1cccc2cc(C(=O)C3=C(O)C(=O)N(Cc4ccco4)C3c3c(C)[nH]c4ccccc34)oc12. The van der Waals surface area contributed by atoms with E-state index in [9.17, 15) is 14.7 Å². The summed E-state index contributed by atoms with van der Waals surface area (Å²) in [5, 5.41) is 12.6. The zero-order valence-corrected chi connectivity index (χ0v) is 19.6. The number of para-hydroxylation sites is 2. The highest BCUT2D eigenvalue weighted by atomic mass is 16.5. The molecule has 1 amide bonds. The van der Waals surface area contributed by atoms with E-state index in [1.165, 1.54) is 18.3 Å². The lowest BCUT2D eigenvalue weighted by atomic mass is 9.93. The second-order valence-electron chi connectivity index (χ2n) is 8.70. The summed E-state index contributed by atoms with van der Waals surface area (Å²) in [5.41, 5.74) is 2.75. The second-order valence-corrected chi connectivity index (χ2v) is 8.70. The Morgan fingerprint density at radius 3 is 2.75 bits per heavy atom. The van der Waals surface area contributed by atoms with E-state index in [1.54, 1.807) is 36.4 Å². The first-order valence-electron chi connectivity index (χ1n) is 11.4. The molecule has 0 bridgehead atoms. The minimum Gasteiger partial charge on any atom is -0.503 e. The Bertz CT molecular complexity index is 1670. The molecule has 6 rings (SSSR count). The van der Waals surface area contributed by atoms with Crippen molar-refractivity contribution >= 4 is 33.6 Å². The number of fused-ring (bicyclic) bond motifs is 2. The third-order valence-corrected chi connectivity index (χ3v) is 6.62. The number of aliphatic hydroxyl groups is 1. The Kier molecular flexibility index (Phi) is 4.96. The lowest BCUT2D eigenvalue weighted by molar-refractivity contribution is -0.130. The highest BCUT2D eigenvalue weighted by molar-refractivity contribution is 6.16. The largest absolute Gasteiger partial charge is 0.503 e. The Morgan fingerprint density at radius 1 is 1.14 bits per heavy atom. The van der Waals surface area contributed by atoms with Crippen molar-refractivity contribution in [1.82, 2.24) is 9.88 Å². The monoisotopic (exact) mass is 482 g/mol. The van der Waals surface area contributed by atoms with E-state index in [0.717, 1.165) is 22.2 Å². The first-order chi connectivity index (χ1) is 17.5. The number of carbonyl (C=O) groups excluding carboxylic acids is 2. The van der Waals surface area contributed by atoms with Crippen LogP contribution in [0.3, 0.4) is 0 Å². The van der Waals surface area contributed by atoms with E-state index < -0.39 is 23.5 Å². The van der Waals surface area contributed by atoms with Gasteiger partial charge in [0.2, 0.25) is 5.78 Å². The van der Waals surface area contributed by atoms with E-state index >= 15 is 0 Å². The Balaban J connectivity index is 1.53. The van der Waals surface area contributed by atoms with Crippen LogP contribution in [0.1, 0.15) is 33.6 Å². The number of aryl methyl sites for hydroxylation is 1. The van der Waals surface area contributed by atoms with Crippen LogP contribution in [0.2, 0.25) is 0 Å². The number of rotatable bonds is 6. The quantitative estimate of drug-likeness (QED) is 0.305. The predicted octanol–water partition coefficient (Wildman–Crippen LogP) is 5.60. The van der Waals surface area contributed by atoms with Gasteiger partial charge in [0.05, 0.1) is 31.5 Å². The standard InChI is InChI=1S/C28H22N2O6/c1-15-22(18-9-3-4-10-19(18)29-15)24-23(26(32)28(33)30(24)14-17-8-6-12-35-17)25(31)21-13-16-7-5-11-20(34-2)27(16)36-21/h3-13,24,29,32H,14H2,1-2H3. The first-order valence-corrected chi connectivity index (χ1v) is 11.4. The number of aromatic nitrogens is 1. The maximum absolute atomic E-state index is 13.9. The Hall–Kier alpha value is -4.72. The zero-order chi connectivity index (χ0) is 25.0. The molecule has 8 heteroatoms. The number of hydrogen-bond donors (Lipinski definition) is 2. The fourth-order valence-corrected chi connectivity index (χ4v) is 5.01. The van der Waals surface area contributed by atoms with E-state index in [4.69, 9.17) is 13.6 Å². The summed E-state index contributed by atoms with van der Waals surface area (Å²) >= 11 is 0. The molecule has 3 aromatic heterocycles. The number of benzene rings is 2. The number of H-pyrrole nitrogens is 1. The Morgan fingerprint density at radius 2 is 1.97 bits per heavy atom. The molecule has 1 unspecified atom stereocenters. The van der Waals surface area contributed by atoms with Gasteiger partial charge < -0.3 is 28.6 Å². The van der Waals surface area contributed by atoms with E-state index in [2.05, 4.69) is 4.98 Å². The van der Waals surface area contributed by atoms with Gasteiger partial charge in [-0.2, -0.15) is 0 Å². The molecule has 2 N–H and O–H groups in total. The number of carbonyl (C=O) groups is 2. The van der Waals surface area contributed by atoms with Crippen LogP contribution >= 0.6 is 0 Å². The number of Topliss-reactive ketones (excluding diaryl/α,β-unsaturated/α-hetero) is 1. The van der Waals surface area contributed by atoms with Crippen molar-refractivity contribution in [3.63, 3.8) is 0 Å². The predicted molar refractivity (Wildman–Crippen MR) is 132 cm³/mol. The molecule has 36 heavy (non-hydrogen) atoms. The van der Waals surface area contributed by atoms with Gasteiger partial charge in [0.15, 0.2) is 22.9 Å². The summed E-state index contributed by atoms with van der Waals surface area (Å²) in [7, 11) is 1.52. The number of methoxy groups -OCH3 is 1. The van der Waals surface area contributed by atoms with Crippen LogP contribution in [-0.2, 0) is 11.3 Å². The van der Waals surface area contributed by atoms with Crippen LogP contribution in [0.4, 0.5) is 0 Å². The van der Waals surface area contributed by atoms with Gasteiger partial charge in [-0.1, -0.05) is 30.3 Å². The molecule has 5 aromatic rings. The molecule has 4 heterocycles. The highest BCUT2D eigenvalue weighted by Gasteiger charge is 2.46. The third-order valence-electron chi connectivity index (χ3n) is 6.62. The molecular weight excluding hydrogens is 460 g/mol. The maximum Gasteiger partial charge on any atom is 0.290 e. The molecule has 0 radical (unpaired) electrons. The fraction of sp³-hybridized carbons (Fsp3) is 0.143. The third kappa shape index (κ3) is 3.22. The van der Waals surface area contributed by atoms with Crippen molar-refractivity contribution in [2.24, 2.45) is 0 Å². The van der Waals surface area contributed by atoms with Crippen LogP contribution in [0.15, 0.2) is 87.1 Å². The summed E-state index contributed by atoms with van der Waals surface area (Å²) < 4.78 is 16.7. The first kappa shape index (κ1) is 21.8. The Labute approximate surface area is 205 Å². The van der Waals surface area contributed by atoms with Crippen LogP contribution in [-0.4, -0.2) is 33.8 Å². The summed E-state index contributed by atoms with van der Waals surface area (Å²) in [6, 6.07) is 17.2. The molecule has 8 nitrogen and oxygen atoms in total. The zero-order valence-electron chi connectivity index (χ0n) is 19.6. The van der Waals surface area contributed by atoms with Crippen molar-refractivity contribution in [3.05, 3.63) is 101 Å². The number of furan rings is 2. The molecule has 2 aromatic carbocycles.